The molecule has 4 atom stereocenters. The van der Waals surface area contributed by atoms with Gasteiger partial charge in [-0.25, -0.2) is 0 Å². The minimum Gasteiger partial charge on any atom is -0.493 e. The second kappa shape index (κ2) is 7.07. The largest absolute Gasteiger partial charge is 0.493 e. The lowest BCUT2D eigenvalue weighted by Crippen LogP contribution is -2.34. The van der Waals surface area contributed by atoms with Gasteiger partial charge in [0.05, 0.1) is 40.0 Å². The number of aliphatic hydroxyl groups excluding tert-OH is 1. The predicted molar refractivity (Wildman–Crippen MR) is 103 cm³/mol. The molecule has 1 N–H and O–H groups in total. The predicted octanol–water partition coefficient (Wildman–Crippen LogP) is 2.50. The molecule has 5 rings (SSSR count). The van der Waals surface area contributed by atoms with E-state index in [-0.39, 0.29) is 24.4 Å². The maximum absolute atomic E-state index is 12.7. The smallest absolute Gasteiger partial charge is 0.310 e. The fraction of sp³-hybridized carbons (Fsp3) is 0.409. The van der Waals surface area contributed by atoms with E-state index in [9.17, 15) is 9.90 Å². The van der Waals surface area contributed by atoms with Crippen molar-refractivity contribution in [1.29, 1.82) is 0 Å². The van der Waals surface area contributed by atoms with E-state index >= 15 is 0 Å². The number of hydrogen-bond acceptors (Lipinski definition) is 8. The number of esters is 1. The van der Waals surface area contributed by atoms with Gasteiger partial charge in [0, 0.05) is 17.4 Å². The van der Waals surface area contributed by atoms with Crippen LogP contribution in [0.4, 0.5) is 0 Å². The lowest BCUT2D eigenvalue weighted by Gasteiger charge is -2.37. The Morgan fingerprint density at radius 2 is 1.73 bits per heavy atom. The molecular formula is C22H22O8. The molecule has 2 aromatic rings. The Bertz CT molecular complexity index is 991. The van der Waals surface area contributed by atoms with E-state index in [4.69, 9.17) is 28.7 Å². The lowest BCUT2D eigenvalue weighted by atomic mass is 9.66. The van der Waals surface area contributed by atoms with Crippen LogP contribution in [0, 0.1) is 11.8 Å². The number of rotatable bonds is 4. The maximum atomic E-state index is 12.7. The summed E-state index contributed by atoms with van der Waals surface area (Å²) in [6.45, 7) is 0.471. The molecule has 3 aliphatic rings. The molecule has 1 aliphatic carbocycles. The first-order chi connectivity index (χ1) is 14.6. The van der Waals surface area contributed by atoms with Crippen LogP contribution in [0.2, 0.25) is 0 Å². The van der Waals surface area contributed by atoms with Crippen LogP contribution in [-0.4, -0.2) is 39.0 Å². The number of benzene rings is 2. The fourth-order valence-corrected chi connectivity index (χ4v) is 4.85. The van der Waals surface area contributed by atoms with Gasteiger partial charge in [0.15, 0.2) is 17.2 Å². The van der Waals surface area contributed by atoms with Gasteiger partial charge in [-0.2, -0.15) is 4.89 Å². The van der Waals surface area contributed by atoms with Crippen molar-refractivity contribution in [3.63, 3.8) is 0 Å². The number of cyclic esters (lactones) is 1. The second-order valence-corrected chi connectivity index (χ2v) is 7.64. The first kappa shape index (κ1) is 19.0. The van der Waals surface area contributed by atoms with Crippen molar-refractivity contribution in [1.82, 2.24) is 0 Å². The molecule has 0 radical (unpaired) electrons. The number of aliphatic hydroxyl groups is 1. The Morgan fingerprint density at radius 3 is 2.40 bits per heavy atom. The Kier molecular flexibility index (Phi) is 4.48. The van der Waals surface area contributed by atoms with Gasteiger partial charge in [-0.3, -0.25) is 4.79 Å². The first-order valence-corrected chi connectivity index (χ1v) is 9.68. The van der Waals surface area contributed by atoms with Crippen molar-refractivity contribution in [2.45, 2.75) is 18.6 Å². The summed E-state index contributed by atoms with van der Waals surface area (Å²) in [6.07, 6.45) is -0.843. The Balaban J connectivity index is 1.74. The normalized spacial score (nSPS) is 26.2. The number of carbonyl (C=O) groups is 1. The molecule has 2 aliphatic heterocycles. The zero-order valence-electron chi connectivity index (χ0n) is 16.8. The zero-order chi connectivity index (χ0) is 21.0. The van der Waals surface area contributed by atoms with Crippen molar-refractivity contribution in [3.05, 3.63) is 46.5 Å². The van der Waals surface area contributed by atoms with E-state index in [0.29, 0.717) is 35.2 Å². The molecule has 8 nitrogen and oxygen atoms in total. The average Bonchev–Trinajstić information content (AvgIpc) is 3.38. The molecule has 0 spiro atoms. The maximum Gasteiger partial charge on any atom is 0.310 e. The van der Waals surface area contributed by atoms with Crippen molar-refractivity contribution in [2.75, 3.05) is 27.9 Å². The highest BCUT2D eigenvalue weighted by Crippen LogP contribution is 2.54. The number of ether oxygens (including phenoxy) is 4. The van der Waals surface area contributed by atoms with Crippen LogP contribution in [0.3, 0.4) is 0 Å². The third-order valence-electron chi connectivity index (χ3n) is 6.25. The van der Waals surface area contributed by atoms with Crippen LogP contribution in [0.5, 0.6) is 23.0 Å². The SMILES string of the molecule is COc1cc([C@H]2c3cc4c(cc3[C@@H](O)[C@H]3COC(=O)[C@H]23)OOC4)cc(OC)c1OC. The fourth-order valence-electron chi connectivity index (χ4n) is 4.85. The topological polar surface area (TPSA) is 92.7 Å². The summed E-state index contributed by atoms with van der Waals surface area (Å²) in [7, 11) is 4.64. The van der Waals surface area contributed by atoms with Crippen LogP contribution in [0.15, 0.2) is 24.3 Å². The van der Waals surface area contributed by atoms with Gasteiger partial charge < -0.3 is 28.9 Å². The van der Waals surface area contributed by atoms with Crippen molar-refractivity contribution in [2.24, 2.45) is 11.8 Å². The highest BCUT2D eigenvalue weighted by molar-refractivity contribution is 5.78. The molecular weight excluding hydrogens is 392 g/mol. The van der Waals surface area contributed by atoms with Crippen LogP contribution in [-0.2, 0) is 21.0 Å². The summed E-state index contributed by atoms with van der Waals surface area (Å²) < 4.78 is 21.9. The van der Waals surface area contributed by atoms with E-state index in [1.165, 1.54) is 0 Å². The molecule has 1 fully saturated rings. The van der Waals surface area contributed by atoms with Crippen molar-refractivity contribution in [3.8, 4) is 23.0 Å². The summed E-state index contributed by atoms with van der Waals surface area (Å²) in [5.74, 6) is 0.470. The molecule has 30 heavy (non-hydrogen) atoms. The average molecular weight is 414 g/mol. The van der Waals surface area contributed by atoms with Crippen LogP contribution < -0.4 is 19.1 Å². The van der Waals surface area contributed by atoms with Gasteiger partial charge in [-0.15, -0.1) is 0 Å². The summed E-state index contributed by atoms with van der Waals surface area (Å²) in [5, 5.41) is 11.0. The number of fused-ring (bicyclic) bond motifs is 3. The summed E-state index contributed by atoms with van der Waals surface area (Å²) >= 11 is 0. The molecule has 0 unspecified atom stereocenters. The number of hydrogen-bond donors (Lipinski definition) is 1. The van der Waals surface area contributed by atoms with E-state index < -0.39 is 12.0 Å². The summed E-state index contributed by atoms with van der Waals surface area (Å²) in [4.78, 5) is 23.1. The van der Waals surface area contributed by atoms with E-state index in [1.54, 1.807) is 27.4 Å². The molecule has 0 amide bonds. The Morgan fingerprint density at radius 1 is 1.00 bits per heavy atom. The van der Waals surface area contributed by atoms with Crippen LogP contribution >= 0.6 is 0 Å². The first-order valence-electron chi connectivity index (χ1n) is 9.68. The molecule has 2 heterocycles. The van der Waals surface area contributed by atoms with Gasteiger partial charge >= 0.3 is 5.97 Å². The minimum atomic E-state index is -0.843. The zero-order valence-corrected chi connectivity index (χ0v) is 16.8. The van der Waals surface area contributed by atoms with E-state index in [1.807, 2.05) is 18.2 Å². The van der Waals surface area contributed by atoms with Gasteiger partial charge in [0.25, 0.3) is 0 Å². The van der Waals surface area contributed by atoms with Gasteiger partial charge in [-0.05, 0) is 41.0 Å². The van der Waals surface area contributed by atoms with E-state index in [0.717, 1.165) is 16.7 Å². The van der Waals surface area contributed by atoms with Crippen LogP contribution in [0.25, 0.3) is 0 Å². The second-order valence-electron chi connectivity index (χ2n) is 7.64. The van der Waals surface area contributed by atoms with Crippen LogP contribution in [0.1, 0.15) is 34.3 Å². The van der Waals surface area contributed by atoms with Crippen molar-refractivity contribution >= 4 is 5.97 Å². The van der Waals surface area contributed by atoms with Crippen molar-refractivity contribution < 1.29 is 38.6 Å². The quantitative estimate of drug-likeness (QED) is 0.603. The third kappa shape index (κ3) is 2.64. The molecule has 1 saturated heterocycles. The molecule has 0 bridgehead atoms. The minimum absolute atomic E-state index is 0.166. The molecule has 0 saturated carbocycles. The lowest BCUT2D eigenvalue weighted by molar-refractivity contribution is -0.194. The number of carbonyl (C=O) groups excluding carboxylic acids is 1. The van der Waals surface area contributed by atoms with Gasteiger partial charge in [0.1, 0.15) is 6.61 Å². The number of methoxy groups -OCH3 is 3. The molecule has 8 heteroatoms. The molecule has 2 aromatic carbocycles. The summed E-state index contributed by atoms with van der Waals surface area (Å²) in [5.41, 5.74) is 3.22. The van der Waals surface area contributed by atoms with Gasteiger partial charge in [0.2, 0.25) is 5.75 Å². The Labute approximate surface area is 173 Å². The van der Waals surface area contributed by atoms with Gasteiger partial charge in [-0.1, -0.05) is 0 Å². The highest BCUT2D eigenvalue weighted by Gasteiger charge is 2.52. The monoisotopic (exact) mass is 414 g/mol. The molecule has 158 valence electrons. The molecule has 0 aromatic heterocycles. The standard InChI is InChI=1S/C22H22O8/c1-25-16-5-10(6-17(26-2)21(16)27-3)18-12-4-11-8-29-30-15(11)7-13(12)20(23)14-9-28-22(24)19(14)18/h4-7,14,18-20,23H,8-9H2,1-3H3/t14-,18-,19-,20+/m0/s1. The Hall–Kier alpha value is -2.97. The van der Waals surface area contributed by atoms with E-state index in [2.05, 4.69) is 0 Å². The third-order valence-corrected chi connectivity index (χ3v) is 6.25. The summed E-state index contributed by atoms with van der Waals surface area (Å²) in [6, 6.07) is 7.43. The highest BCUT2D eigenvalue weighted by atomic mass is 17.2.